The first-order valence-electron chi connectivity index (χ1n) is 6.15. The Bertz CT molecular complexity index is 591. The Hall–Kier alpha value is -1.22. The first-order valence-corrected chi connectivity index (χ1v) is 7.66. The lowest BCUT2D eigenvalue weighted by Crippen LogP contribution is -2.47. The molecule has 2 aromatic rings. The van der Waals surface area contributed by atoms with Crippen LogP contribution in [-0.2, 0) is 0 Å². The monoisotopic (exact) mass is 380 g/mol. The maximum Gasteiger partial charge on any atom is 0.231 e. The van der Waals surface area contributed by atoms with Crippen molar-refractivity contribution in [2.75, 3.05) is 36.0 Å². The Balaban J connectivity index is 1.72. The number of hydrogen-bond donors (Lipinski definition) is 0. The van der Waals surface area contributed by atoms with E-state index in [-0.39, 0.29) is 21.1 Å². The molecule has 0 amide bonds. The maximum atomic E-state index is 5.79. The summed E-state index contributed by atoms with van der Waals surface area (Å²) < 4.78 is 0. The van der Waals surface area contributed by atoms with Crippen molar-refractivity contribution in [2.24, 2.45) is 0 Å². The summed E-state index contributed by atoms with van der Waals surface area (Å²) in [6.45, 7) is 2.55. The first kappa shape index (κ1) is 15.7. The predicted molar refractivity (Wildman–Crippen MR) is 84.1 cm³/mol. The van der Waals surface area contributed by atoms with Crippen LogP contribution in [0.5, 0.6) is 0 Å². The van der Waals surface area contributed by atoms with E-state index in [0.29, 0.717) is 38.1 Å². The molecular formula is C10H8Cl4N8. The highest BCUT2D eigenvalue weighted by atomic mass is 35.5. The van der Waals surface area contributed by atoms with Crippen molar-refractivity contribution < 1.29 is 0 Å². The second kappa shape index (κ2) is 6.49. The van der Waals surface area contributed by atoms with Gasteiger partial charge in [-0.05, 0) is 46.4 Å². The molecule has 0 spiro atoms. The molecule has 1 fully saturated rings. The fourth-order valence-electron chi connectivity index (χ4n) is 2.02. The van der Waals surface area contributed by atoms with Crippen LogP contribution >= 0.6 is 46.4 Å². The molecule has 3 heterocycles. The van der Waals surface area contributed by atoms with E-state index in [1.807, 2.05) is 9.80 Å². The quantitative estimate of drug-likeness (QED) is 0.780. The van der Waals surface area contributed by atoms with Crippen molar-refractivity contribution >= 4 is 58.3 Å². The molecule has 1 aliphatic rings. The summed E-state index contributed by atoms with van der Waals surface area (Å²) in [7, 11) is 0. The molecule has 12 heteroatoms. The third kappa shape index (κ3) is 3.57. The van der Waals surface area contributed by atoms with E-state index in [4.69, 9.17) is 46.4 Å². The molecule has 1 aliphatic heterocycles. The van der Waals surface area contributed by atoms with Crippen LogP contribution in [0.15, 0.2) is 0 Å². The lowest BCUT2D eigenvalue weighted by atomic mass is 10.3. The minimum atomic E-state index is 0.0634. The second-order valence-electron chi connectivity index (χ2n) is 4.32. The van der Waals surface area contributed by atoms with Gasteiger partial charge in [-0.2, -0.15) is 29.9 Å². The van der Waals surface area contributed by atoms with Gasteiger partial charge in [-0.25, -0.2) is 0 Å². The van der Waals surface area contributed by atoms with E-state index in [2.05, 4.69) is 29.9 Å². The molecule has 22 heavy (non-hydrogen) atoms. The van der Waals surface area contributed by atoms with E-state index in [1.54, 1.807) is 0 Å². The van der Waals surface area contributed by atoms with E-state index < -0.39 is 0 Å². The topological polar surface area (TPSA) is 83.8 Å². The molecule has 8 nitrogen and oxygen atoms in total. The maximum absolute atomic E-state index is 5.79. The molecule has 1 saturated heterocycles. The SMILES string of the molecule is Clc1nc(Cl)nc(N2CCN(c3nc(Cl)nc(Cl)n3)CC2)n1. The average molecular weight is 382 g/mol. The van der Waals surface area contributed by atoms with Crippen LogP contribution in [0.3, 0.4) is 0 Å². The molecule has 0 bridgehead atoms. The van der Waals surface area contributed by atoms with Gasteiger partial charge in [0, 0.05) is 26.2 Å². The lowest BCUT2D eigenvalue weighted by molar-refractivity contribution is 0.625. The van der Waals surface area contributed by atoms with Crippen molar-refractivity contribution in [1.82, 2.24) is 29.9 Å². The Kier molecular flexibility index (Phi) is 4.62. The normalized spacial score (nSPS) is 15.3. The summed E-state index contributed by atoms with van der Waals surface area (Å²) in [4.78, 5) is 27.6. The van der Waals surface area contributed by atoms with Crippen molar-refractivity contribution in [3.05, 3.63) is 21.1 Å². The van der Waals surface area contributed by atoms with Crippen LogP contribution < -0.4 is 9.80 Å². The van der Waals surface area contributed by atoms with Crippen LogP contribution in [0.2, 0.25) is 21.1 Å². The number of hydrogen-bond acceptors (Lipinski definition) is 8. The average Bonchev–Trinajstić information content (AvgIpc) is 2.45. The van der Waals surface area contributed by atoms with Gasteiger partial charge in [0.1, 0.15) is 0 Å². The van der Waals surface area contributed by atoms with Crippen LogP contribution in [0.1, 0.15) is 0 Å². The minimum Gasteiger partial charge on any atom is -0.337 e. The summed E-state index contributed by atoms with van der Waals surface area (Å²) in [6.07, 6.45) is 0. The number of piperazine rings is 1. The van der Waals surface area contributed by atoms with E-state index >= 15 is 0 Å². The summed E-state index contributed by atoms with van der Waals surface area (Å²) in [5.41, 5.74) is 0. The molecule has 0 unspecified atom stereocenters. The van der Waals surface area contributed by atoms with Crippen molar-refractivity contribution in [1.29, 1.82) is 0 Å². The number of anilines is 2. The minimum absolute atomic E-state index is 0.0634. The van der Waals surface area contributed by atoms with Crippen LogP contribution in [-0.4, -0.2) is 56.1 Å². The summed E-state index contributed by atoms with van der Waals surface area (Å²) in [5.74, 6) is 0.882. The van der Waals surface area contributed by atoms with Gasteiger partial charge in [0.25, 0.3) is 0 Å². The highest BCUT2D eigenvalue weighted by Crippen LogP contribution is 2.19. The largest absolute Gasteiger partial charge is 0.337 e. The van der Waals surface area contributed by atoms with E-state index in [0.717, 1.165) is 0 Å². The Morgan fingerprint density at radius 3 is 1.05 bits per heavy atom. The molecule has 3 rings (SSSR count). The molecule has 0 radical (unpaired) electrons. The lowest BCUT2D eigenvalue weighted by Gasteiger charge is -2.34. The number of aromatic nitrogens is 6. The second-order valence-corrected chi connectivity index (χ2v) is 5.67. The van der Waals surface area contributed by atoms with Crippen LogP contribution in [0, 0.1) is 0 Å². The molecular weight excluding hydrogens is 374 g/mol. The fraction of sp³-hybridized carbons (Fsp3) is 0.400. The van der Waals surface area contributed by atoms with Crippen molar-refractivity contribution in [3.63, 3.8) is 0 Å². The summed E-state index contributed by atoms with van der Waals surface area (Å²) in [6, 6.07) is 0. The van der Waals surface area contributed by atoms with Crippen LogP contribution in [0.25, 0.3) is 0 Å². The Morgan fingerprint density at radius 1 is 0.500 bits per heavy atom. The van der Waals surface area contributed by atoms with Gasteiger partial charge < -0.3 is 9.80 Å². The molecule has 0 N–H and O–H groups in total. The molecule has 0 saturated carbocycles. The van der Waals surface area contributed by atoms with Crippen LogP contribution in [0.4, 0.5) is 11.9 Å². The van der Waals surface area contributed by atoms with Gasteiger partial charge in [0.15, 0.2) is 0 Å². The molecule has 0 aliphatic carbocycles. The highest BCUT2D eigenvalue weighted by Gasteiger charge is 2.22. The van der Waals surface area contributed by atoms with Gasteiger partial charge in [-0.15, -0.1) is 0 Å². The number of halogens is 4. The first-order chi connectivity index (χ1) is 10.5. The van der Waals surface area contributed by atoms with Gasteiger partial charge in [0.2, 0.25) is 33.0 Å². The zero-order valence-electron chi connectivity index (χ0n) is 10.9. The third-order valence-electron chi connectivity index (χ3n) is 2.98. The van der Waals surface area contributed by atoms with Gasteiger partial charge >= 0.3 is 0 Å². The van der Waals surface area contributed by atoms with E-state index in [9.17, 15) is 0 Å². The van der Waals surface area contributed by atoms with Crippen molar-refractivity contribution in [3.8, 4) is 0 Å². The Labute approximate surface area is 145 Å². The molecule has 0 aromatic carbocycles. The molecule has 0 atom stereocenters. The number of rotatable bonds is 2. The summed E-state index contributed by atoms with van der Waals surface area (Å²) >= 11 is 23.2. The third-order valence-corrected chi connectivity index (χ3v) is 3.66. The Morgan fingerprint density at radius 2 is 0.773 bits per heavy atom. The summed E-state index contributed by atoms with van der Waals surface area (Å²) in [5, 5.41) is 0.254. The van der Waals surface area contributed by atoms with Gasteiger partial charge in [-0.3, -0.25) is 0 Å². The smallest absolute Gasteiger partial charge is 0.231 e. The van der Waals surface area contributed by atoms with E-state index in [1.165, 1.54) is 0 Å². The van der Waals surface area contributed by atoms with Gasteiger partial charge in [-0.1, -0.05) is 0 Å². The highest BCUT2D eigenvalue weighted by molar-refractivity contribution is 6.31. The fourth-order valence-corrected chi connectivity index (χ4v) is 2.73. The molecule has 116 valence electrons. The standard InChI is InChI=1S/C10H8Cl4N8/c11-5-15-6(12)18-9(17-5)21-1-2-22(4-3-21)10-19-7(13)16-8(14)20-10/h1-4H2. The van der Waals surface area contributed by atoms with Gasteiger partial charge in [0.05, 0.1) is 0 Å². The zero-order chi connectivity index (χ0) is 15.7. The van der Waals surface area contributed by atoms with Crippen molar-refractivity contribution in [2.45, 2.75) is 0 Å². The number of nitrogens with zero attached hydrogens (tertiary/aromatic N) is 8. The zero-order valence-corrected chi connectivity index (χ0v) is 13.9. The molecule has 2 aromatic heterocycles. The predicted octanol–water partition coefficient (Wildman–Crippen LogP) is 2.00.